The summed E-state index contributed by atoms with van der Waals surface area (Å²) in [5, 5.41) is 4.68. The number of carbonyl (C=O) groups is 1. The Balaban J connectivity index is 1.65. The minimum absolute atomic E-state index is 0.166. The van der Waals surface area contributed by atoms with Crippen LogP contribution in [0.3, 0.4) is 0 Å². The van der Waals surface area contributed by atoms with E-state index in [9.17, 15) is 4.79 Å². The quantitative estimate of drug-likeness (QED) is 0.537. The third-order valence-corrected chi connectivity index (χ3v) is 7.15. The molecule has 1 aliphatic rings. The van der Waals surface area contributed by atoms with E-state index in [0.717, 1.165) is 56.4 Å². The standard InChI is InChI=1S/C26H36Cl2N4O/c1-4-30(5-2)19-25(21-8-12-23(28)13-9-21)31-14-16-32(17-15-31)26(33)24(29-3)18-20-6-10-22(27)11-7-20/h6-13,24-25,29H,4-5,14-19H2,1-3H3. The maximum absolute atomic E-state index is 13.3. The molecule has 33 heavy (non-hydrogen) atoms. The second-order valence-electron chi connectivity index (χ2n) is 8.59. The predicted molar refractivity (Wildman–Crippen MR) is 138 cm³/mol. The van der Waals surface area contributed by atoms with Gasteiger partial charge >= 0.3 is 0 Å². The zero-order chi connectivity index (χ0) is 23.8. The first kappa shape index (κ1) is 26.0. The van der Waals surface area contributed by atoms with Crippen molar-refractivity contribution in [3.63, 3.8) is 0 Å². The Hall–Kier alpha value is -1.63. The van der Waals surface area contributed by atoms with Gasteiger partial charge in [-0.25, -0.2) is 0 Å². The summed E-state index contributed by atoms with van der Waals surface area (Å²) in [4.78, 5) is 20.2. The van der Waals surface area contributed by atoms with Crippen molar-refractivity contribution in [2.24, 2.45) is 0 Å². The summed E-state index contributed by atoms with van der Waals surface area (Å²) in [7, 11) is 1.86. The topological polar surface area (TPSA) is 38.8 Å². The van der Waals surface area contributed by atoms with Crippen molar-refractivity contribution < 1.29 is 4.79 Å². The number of amides is 1. The monoisotopic (exact) mass is 490 g/mol. The molecule has 0 saturated carbocycles. The molecule has 5 nitrogen and oxygen atoms in total. The summed E-state index contributed by atoms with van der Waals surface area (Å²) in [5.74, 6) is 0.166. The van der Waals surface area contributed by atoms with E-state index in [1.54, 1.807) is 0 Å². The number of halogens is 2. The molecule has 1 aliphatic heterocycles. The van der Waals surface area contributed by atoms with Gasteiger partial charge in [-0.1, -0.05) is 61.3 Å². The Morgan fingerprint density at radius 3 is 2.00 bits per heavy atom. The Morgan fingerprint density at radius 2 is 1.48 bits per heavy atom. The van der Waals surface area contributed by atoms with Gasteiger partial charge in [0, 0.05) is 48.8 Å². The van der Waals surface area contributed by atoms with E-state index in [4.69, 9.17) is 23.2 Å². The van der Waals surface area contributed by atoms with Crippen LogP contribution in [0, 0.1) is 0 Å². The first-order valence-electron chi connectivity index (χ1n) is 11.9. The molecule has 1 amide bonds. The first-order chi connectivity index (χ1) is 15.9. The van der Waals surface area contributed by atoms with Gasteiger partial charge in [0.2, 0.25) is 5.91 Å². The van der Waals surface area contributed by atoms with Crippen LogP contribution in [0.15, 0.2) is 48.5 Å². The molecule has 0 bridgehead atoms. The number of hydrogen-bond acceptors (Lipinski definition) is 4. The van der Waals surface area contributed by atoms with Crippen LogP contribution in [0.1, 0.15) is 31.0 Å². The lowest BCUT2D eigenvalue weighted by Gasteiger charge is -2.41. The molecule has 0 aromatic heterocycles. The number of carbonyl (C=O) groups excluding carboxylic acids is 1. The van der Waals surface area contributed by atoms with Gasteiger partial charge in [-0.3, -0.25) is 9.69 Å². The highest BCUT2D eigenvalue weighted by Gasteiger charge is 2.30. The van der Waals surface area contributed by atoms with E-state index in [1.165, 1.54) is 5.56 Å². The summed E-state index contributed by atoms with van der Waals surface area (Å²) in [6.07, 6.45) is 0.655. The van der Waals surface area contributed by atoms with Crippen molar-refractivity contribution in [2.75, 3.05) is 52.9 Å². The van der Waals surface area contributed by atoms with Crippen LogP contribution in [0.2, 0.25) is 10.0 Å². The van der Waals surface area contributed by atoms with Gasteiger partial charge < -0.3 is 15.1 Å². The Morgan fingerprint density at radius 1 is 0.939 bits per heavy atom. The smallest absolute Gasteiger partial charge is 0.240 e. The fraction of sp³-hybridized carbons (Fsp3) is 0.500. The predicted octanol–water partition coefficient (Wildman–Crippen LogP) is 4.35. The van der Waals surface area contributed by atoms with Crippen LogP contribution in [-0.4, -0.2) is 79.5 Å². The largest absolute Gasteiger partial charge is 0.339 e. The normalized spacial score (nSPS) is 16.7. The Labute approximate surface area is 208 Å². The van der Waals surface area contributed by atoms with Crippen LogP contribution < -0.4 is 5.32 Å². The maximum atomic E-state index is 13.3. The van der Waals surface area contributed by atoms with E-state index < -0.39 is 0 Å². The third-order valence-electron chi connectivity index (χ3n) is 6.65. The van der Waals surface area contributed by atoms with Gasteiger partial charge in [0.15, 0.2) is 0 Å². The lowest BCUT2D eigenvalue weighted by atomic mass is 10.0. The Bertz CT molecular complexity index is 863. The first-order valence-corrected chi connectivity index (χ1v) is 12.6. The molecule has 1 saturated heterocycles. The molecule has 2 aromatic rings. The molecule has 0 spiro atoms. The highest BCUT2D eigenvalue weighted by Crippen LogP contribution is 2.25. The van der Waals surface area contributed by atoms with Crippen molar-refractivity contribution in [1.29, 1.82) is 0 Å². The number of nitrogens with one attached hydrogen (secondary N) is 1. The van der Waals surface area contributed by atoms with E-state index >= 15 is 0 Å². The van der Waals surface area contributed by atoms with Crippen LogP contribution in [0.4, 0.5) is 0 Å². The molecule has 1 N–H and O–H groups in total. The average molecular weight is 492 g/mol. The third kappa shape index (κ3) is 7.17. The average Bonchev–Trinajstić information content (AvgIpc) is 2.85. The number of hydrogen-bond donors (Lipinski definition) is 1. The van der Waals surface area contributed by atoms with Crippen LogP contribution in [0.25, 0.3) is 0 Å². The van der Waals surface area contributed by atoms with Crippen LogP contribution in [-0.2, 0) is 11.2 Å². The van der Waals surface area contributed by atoms with E-state index in [1.807, 2.05) is 48.3 Å². The van der Waals surface area contributed by atoms with Crippen molar-refractivity contribution in [3.05, 3.63) is 69.7 Å². The molecule has 1 heterocycles. The number of rotatable bonds is 10. The minimum Gasteiger partial charge on any atom is -0.339 e. The van der Waals surface area contributed by atoms with E-state index in [0.29, 0.717) is 11.4 Å². The fourth-order valence-electron chi connectivity index (χ4n) is 4.49. The molecule has 7 heteroatoms. The van der Waals surface area contributed by atoms with Gasteiger partial charge in [0.25, 0.3) is 0 Å². The Kier molecular flexibility index (Phi) is 10.0. The molecule has 1 fully saturated rings. The van der Waals surface area contributed by atoms with E-state index in [2.05, 4.69) is 41.1 Å². The molecule has 3 rings (SSSR count). The summed E-state index contributed by atoms with van der Waals surface area (Å²) < 4.78 is 0. The van der Waals surface area contributed by atoms with Crippen LogP contribution >= 0.6 is 23.2 Å². The molecule has 2 unspecified atom stereocenters. The van der Waals surface area contributed by atoms with Gasteiger partial charge in [0.05, 0.1) is 6.04 Å². The minimum atomic E-state index is -0.236. The summed E-state index contributed by atoms with van der Waals surface area (Å²) in [5.41, 5.74) is 2.38. The van der Waals surface area contributed by atoms with Crippen molar-refractivity contribution >= 4 is 29.1 Å². The second kappa shape index (κ2) is 12.7. The maximum Gasteiger partial charge on any atom is 0.240 e. The van der Waals surface area contributed by atoms with Crippen LogP contribution in [0.5, 0.6) is 0 Å². The molecular formula is C26H36Cl2N4O. The zero-order valence-corrected chi connectivity index (χ0v) is 21.4. The number of benzene rings is 2. The SMILES string of the molecule is CCN(CC)CC(c1ccc(Cl)cc1)N1CCN(C(=O)C(Cc2ccc(Cl)cc2)NC)CC1. The molecule has 2 aromatic carbocycles. The highest BCUT2D eigenvalue weighted by molar-refractivity contribution is 6.30. The summed E-state index contributed by atoms with van der Waals surface area (Å²) in [6, 6.07) is 16.0. The number of piperazine rings is 1. The van der Waals surface area contributed by atoms with Crippen molar-refractivity contribution in [1.82, 2.24) is 20.0 Å². The lowest BCUT2D eigenvalue weighted by molar-refractivity contribution is -0.135. The summed E-state index contributed by atoms with van der Waals surface area (Å²) in [6.45, 7) is 10.6. The fourth-order valence-corrected chi connectivity index (χ4v) is 4.74. The van der Waals surface area contributed by atoms with Gasteiger partial charge in [-0.2, -0.15) is 0 Å². The molecule has 0 aliphatic carbocycles. The second-order valence-corrected chi connectivity index (χ2v) is 9.46. The number of nitrogens with zero attached hydrogens (tertiary/aromatic N) is 3. The van der Waals surface area contributed by atoms with E-state index in [-0.39, 0.29) is 18.0 Å². The molecular weight excluding hydrogens is 455 g/mol. The molecule has 2 atom stereocenters. The molecule has 0 radical (unpaired) electrons. The number of likely N-dealkylation sites (N-methyl/N-ethyl adjacent to an activating group) is 2. The highest BCUT2D eigenvalue weighted by atomic mass is 35.5. The van der Waals surface area contributed by atoms with Gasteiger partial charge in [0.1, 0.15) is 0 Å². The van der Waals surface area contributed by atoms with Gasteiger partial charge in [-0.05, 0) is 62.0 Å². The van der Waals surface area contributed by atoms with Crippen molar-refractivity contribution in [2.45, 2.75) is 32.4 Å². The molecule has 180 valence electrons. The van der Waals surface area contributed by atoms with Gasteiger partial charge in [-0.15, -0.1) is 0 Å². The lowest BCUT2D eigenvalue weighted by Crippen LogP contribution is -2.55. The zero-order valence-electron chi connectivity index (χ0n) is 19.9. The summed E-state index contributed by atoms with van der Waals surface area (Å²) >= 11 is 12.1. The van der Waals surface area contributed by atoms with Crippen molar-refractivity contribution in [3.8, 4) is 0 Å².